The SMILES string of the molecule is CCn1c(SCc2ccc(OC)cc2)nnc1[C@@H](Cc1ccccc1)NS(=O)c1ccc(F)cc1. The average Bonchev–Trinajstić information content (AvgIpc) is 3.31. The van der Waals surface area contributed by atoms with E-state index >= 15 is 0 Å². The van der Waals surface area contributed by atoms with Crippen LogP contribution in [-0.2, 0) is 29.7 Å². The van der Waals surface area contributed by atoms with E-state index in [1.807, 2.05) is 61.5 Å². The molecular weight excluding hydrogens is 483 g/mol. The molecule has 2 atom stereocenters. The first-order chi connectivity index (χ1) is 17.1. The molecule has 182 valence electrons. The Balaban J connectivity index is 1.57. The van der Waals surface area contributed by atoms with Crippen LogP contribution >= 0.6 is 11.8 Å². The van der Waals surface area contributed by atoms with Gasteiger partial charge in [0, 0.05) is 12.3 Å². The number of aromatic nitrogens is 3. The third-order valence-corrected chi connectivity index (χ3v) is 7.70. The normalized spacial score (nSPS) is 12.9. The first-order valence-electron chi connectivity index (χ1n) is 11.2. The van der Waals surface area contributed by atoms with Crippen LogP contribution in [0.15, 0.2) is 88.9 Å². The van der Waals surface area contributed by atoms with Crippen molar-refractivity contribution in [3.05, 3.63) is 102 Å². The minimum Gasteiger partial charge on any atom is -0.497 e. The van der Waals surface area contributed by atoms with Gasteiger partial charge in [0.15, 0.2) is 11.0 Å². The lowest BCUT2D eigenvalue weighted by atomic mass is 10.1. The second kappa shape index (κ2) is 12.1. The van der Waals surface area contributed by atoms with E-state index in [0.29, 0.717) is 23.7 Å². The van der Waals surface area contributed by atoms with E-state index in [4.69, 9.17) is 4.74 Å². The summed E-state index contributed by atoms with van der Waals surface area (Å²) in [5, 5.41) is 9.75. The Morgan fingerprint density at radius 1 is 1.00 bits per heavy atom. The van der Waals surface area contributed by atoms with Crippen molar-refractivity contribution in [1.82, 2.24) is 19.5 Å². The highest BCUT2D eigenvalue weighted by Crippen LogP contribution is 2.27. The lowest BCUT2D eigenvalue weighted by Gasteiger charge is -2.19. The van der Waals surface area contributed by atoms with E-state index in [1.54, 1.807) is 18.9 Å². The highest BCUT2D eigenvalue weighted by Gasteiger charge is 2.24. The van der Waals surface area contributed by atoms with Crippen LogP contribution in [0.3, 0.4) is 0 Å². The van der Waals surface area contributed by atoms with Crippen molar-refractivity contribution in [2.24, 2.45) is 0 Å². The Bertz CT molecular complexity index is 1250. The number of ether oxygens (including phenoxy) is 1. The van der Waals surface area contributed by atoms with Gasteiger partial charge in [-0.2, -0.15) is 0 Å². The van der Waals surface area contributed by atoms with Crippen molar-refractivity contribution in [2.45, 2.75) is 41.7 Å². The number of hydrogen-bond donors (Lipinski definition) is 1. The van der Waals surface area contributed by atoms with Crippen molar-refractivity contribution >= 4 is 22.7 Å². The lowest BCUT2D eigenvalue weighted by Crippen LogP contribution is -2.28. The number of nitrogens with one attached hydrogen (secondary N) is 1. The summed E-state index contributed by atoms with van der Waals surface area (Å²) < 4.78 is 36.9. The summed E-state index contributed by atoms with van der Waals surface area (Å²) in [5.74, 6) is 1.90. The molecule has 0 fully saturated rings. The topological polar surface area (TPSA) is 69.0 Å². The molecular formula is C26H27FN4O2S2. The van der Waals surface area contributed by atoms with Crippen LogP contribution in [0.1, 0.15) is 29.9 Å². The van der Waals surface area contributed by atoms with Gasteiger partial charge in [-0.05, 0) is 60.9 Å². The molecule has 1 heterocycles. The molecule has 3 aromatic carbocycles. The minimum absolute atomic E-state index is 0.355. The molecule has 0 amide bonds. The summed E-state index contributed by atoms with van der Waals surface area (Å²) in [5.41, 5.74) is 2.23. The van der Waals surface area contributed by atoms with Gasteiger partial charge in [-0.1, -0.05) is 54.2 Å². The molecule has 1 unspecified atom stereocenters. The smallest absolute Gasteiger partial charge is 0.191 e. The fourth-order valence-electron chi connectivity index (χ4n) is 3.62. The van der Waals surface area contributed by atoms with Gasteiger partial charge in [-0.3, -0.25) is 0 Å². The van der Waals surface area contributed by atoms with Crippen LogP contribution in [0.25, 0.3) is 0 Å². The molecule has 0 saturated heterocycles. The molecule has 4 aromatic rings. The van der Waals surface area contributed by atoms with Gasteiger partial charge in [0.1, 0.15) is 22.6 Å². The molecule has 0 saturated carbocycles. The van der Waals surface area contributed by atoms with Gasteiger partial charge in [-0.25, -0.2) is 13.3 Å². The monoisotopic (exact) mass is 510 g/mol. The second-order valence-corrected chi connectivity index (χ2v) is 9.99. The molecule has 0 radical (unpaired) electrons. The maximum atomic E-state index is 13.4. The number of nitrogens with zero attached hydrogens (tertiary/aromatic N) is 3. The predicted molar refractivity (Wildman–Crippen MR) is 137 cm³/mol. The Morgan fingerprint density at radius 2 is 1.71 bits per heavy atom. The highest BCUT2D eigenvalue weighted by atomic mass is 32.2. The van der Waals surface area contributed by atoms with Gasteiger partial charge in [0.2, 0.25) is 0 Å². The van der Waals surface area contributed by atoms with Crippen LogP contribution in [-0.4, -0.2) is 26.1 Å². The first kappa shape index (κ1) is 25.1. The number of hydrogen-bond acceptors (Lipinski definition) is 5. The van der Waals surface area contributed by atoms with Crippen LogP contribution < -0.4 is 9.46 Å². The van der Waals surface area contributed by atoms with E-state index in [1.165, 1.54) is 24.3 Å². The van der Waals surface area contributed by atoms with Crippen LogP contribution in [0.4, 0.5) is 4.39 Å². The van der Waals surface area contributed by atoms with Gasteiger partial charge in [-0.15, -0.1) is 10.2 Å². The second-order valence-electron chi connectivity index (χ2n) is 7.80. The van der Waals surface area contributed by atoms with Crippen LogP contribution in [0, 0.1) is 5.82 Å². The molecule has 0 spiro atoms. The fraction of sp³-hybridized carbons (Fsp3) is 0.231. The summed E-state index contributed by atoms with van der Waals surface area (Å²) in [6.07, 6.45) is 0.578. The zero-order valence-electron chi connectivity index (χ0n) is 19.6. The van der Waals surface area contributed by atoms with Gasteiger partial charge >= 0.3 is 0 Å². The molecule has 35 heavy (non-hydrogen) atoms. The molecule has 0 aliphatic rings. The zero-order chi connectivity index (χ0) is 24.6. The predicted octanol–water partition coefficient (Wildman–Crippen LogP) is 5.33. The maximum Gasteiger partial charge on any atom is 0.191 e. The van der Waals surface area contributed by atoms with Crippen molar-refractivity contribution in [3.63, 3.8) is 0 Å². The van der Waals surface area contributed by atoms with Gasteiger partial charge in [0.25, 0.3) is 0 Å². The molecule has 1 aromatic heterocycles. The fourth-order valence-corrected chi connectivity index (χ4v) is 5.55. The molecule has 1 N–H and O–H groups in total. The van der Waals surface area contributed by atoms with E-state index in [2.05, 4.69) is 19.5 Å². The van der Waals surface area contributed by atoms with Crippen molar-refractivity contribution < 1.29 is 13.3 Å². The summed E-state index contributed by atoms with van der Waals surface area (Å²) >= 11 is 1.60. The largest absolute Gasteiger partial charge is 0.497 e. The summed E-state index contributed by atoms with van der Waals surface area (Å²) in [6, 6.07) is 23.2. The Labute approximate surface area is 211 Å². The van der Waals surface area contributed by atoms with Gasteiger partial charge in [0.05, 0.1) is 18.0 Å². The molecule has 0 bridgehead atoms. The molecule has 0 aliphatic heterocycles. The van der Waals surface area contributed by atoms with Crippen molar-refractivity contribution in [2.75, 3.05) is 7.11 Å². The Morgan fingerprint density at radius 3 is 2.37 bits per heavy atom. The quantitative estimate of drug-likeness (QED) is 0.276. The summed E-state index contributed by atoms with van der Waals surface area (Å²) in [6.45, 7) is 2.71. The van der Waals surface area contributed by atoms with E-state index < -0.39 is 11.0 Å². The van der Waals surface area contributed by atoms with E-state index in [9.17, 15) is 8.60 Å². The molecule has 6 nitrogen and oxygen atoms in total. The third kappa shape index (κ3) is 6.56. The van der Waals surface area contributed by atoms with Gasteiger partial charge < -0.3 is 9.30 Å². The van der Waals surface area contributed by atoms with Crippen LogP contribution in [0.2, 0.25) is 0 Å². The zero-order valence-corrected chi connectivity index (χ0v) is 21.2. The molecule has 0 aliphatic carbocycles. The Kier molecular flexibility index (Phi) is 8.68. The summed E-state index contributed by atoms with van der Waals surface area (Å²) in [7, 11) is 0.101. The molecule has 9 heteroatoms. The molecule has 4 rings (SSSR count). The number of methoxy groups -OCH3 is 1. The lowest BCUT2D eigenvalue weighted by molar-refractivity contribution is 0.414. The van der Waals surface area contributed by atoms with E-state index in [-0.39, 0.29) is 11.9 Å². The van der Waals surface area contributed by atoms with Crippen molar-refractivity contribution in [3.8, 4) is 5.75 Å². The number of rotatable bonds is 11. The van der Waals surface area contributed by atoms with Crippen molar-refractivity contribution in [1.29, 1.82) is 0 Å². The number of halogens is 1. The average molecular weight is 511 g/mol. The highest BCUT2D eigenvalue weighted by molar-refractivity contribution is 7.98. The van der Waals surface area contributed by atoms with E-state index in [0.717, 1.165) is 27.8 Å². The van der Waals surface area contributed by atoms with Crippen LogP contribution in [0.5, 0.6) is 5.75 Å². The third-order valence-electron chi connectivity index (χ3n) is 5.46. The maximum absolute atomic E-state index is 13.4. The Hall–Kier alpha value is -3.01. The minimum atomic E-state index is -1.55. The summed E-state index contributed by atoms with van der Waals surface area (Å²) in [4.78, 5) is 0.501. The first-order valence-corrected chi connectivity index (χ1v) is 13.4. The standard InChI is InChI=1S/C26H27FN4O2S2/c1-3-31-25(28-29-26(31)34-18-20-9-13-22(33-2)14-10-20)24(17-19-7-5-4-6-8-19)30-35(32)23-15-11-21(27)12-16-23/h4-16,24,30H,3,17-18H2,1-2H3/t24-,35?/m1/s1. The number of thioether (sulfide) groups is 1. The number of benzene rings is 3.